The minimum absolute atomic E-state index is 0.0351. The quantitative estimate of drug-likeness (QED) is 0.731. The highest BCUT2D eigenvalue weighted by molar-refractivity contribution is 7.09. The SMILES string of the molecule is O=C(Cc1c[nH]c2cc(Cl)ccc12)NC(c1nccs1)C1CC1. The molecular weight excluding hydrogens is 330 g/mol. The number of nitrogens with zero attached hydrogens (tertiary/aromatic N) is 1. The molecule has 1 aliphatic rings. The standard InChI is InChI=1S/C17H16ClN3OS/c18-12-3-4-13-11(9-20-14(13)8-12)7-15(22)21-16(10-1-2-10)17-19-5-6-23-17/h3-6,8-10,16,20H,1-2,7H2,(H,21,22). The predicted molar refractivity (Wildman–Crippen MR) is 92.7 cm³/mol. The van der Waals surface area contributed by atoms with Crippen LogP contribution in [0.25, 0.3) is 10.9 Å². The summed E-state index contributed by atoms with van der Waals surface area (Å²) in [5.41, 5.74) is 1.95. The Balaban J connectivity index is 1.50. The first kappa shape index (κ1) is 14.7. The van der Waals surface area contributed by atoms with Crippen LogP contribution in [0.15, 0.2) is 36.0 Å². The molecule has 0 aliphatic heterocycles. The van der Waals surface area contributed by atoms with E-state index in [4.69, 9.17) is 11.6 Å². The third kappa shape index (κ3) is 3.12. The zero-order valence-corrected chi connectivity index (χ0v) is 14.0. The van der Waals surface area contributed by atoms with E-state index in [9.17, 15) is 4.79 Å². The molecule has 1 aliphatic carbocycles. The molecule has 0 bridgehead atoms. The maximum Gasteiger partial charge on any atom is 0.225 e. The fourth-order valence-corrected chi connectivity index (χ4v) is 3.85. The van der Waals surface area contributed by atoms with Crippen molar-refractivity contribution in [1.82, 2.24) is 15.3 Å². The number of halogens is 1. The zero-order valence-electron chi connectivity index (χ0n) is 12.4. The van der Waals surface area contributed by atoms with E-state index in [2.05, 4.69) is 15.3 Å². The van der Waals surface area contributed by atoms with Gasteiger partial charge in [-0.1, -0.05) is 17.7 Å². The summed E-state index contributed by atoms with van der Waals surface area (Å²) < 4.78 is 0. The van der Waals surface area contributed by atoms with E-state index in [1.54, 1.807) is 17.5 Å². The molecule has 0 spiro atoms. The second kappa shape index (κ2) is 5.98. The second-order valence-corrected chi connectivity index (χ2v) is 7.30. The van der Waals surface area contributed by atoms with Gasteiger partial charge in [0.05, 0.1) is 12.5 Å². The summed E-state index contributed by atoms with van der Waals surface area (Å²) in [6, 6.07) is 5.74. The summed E-state index contributed by atoms with van der Waals surface area (Å²) in [5, 5.41) is 7.86. The van der Waals surface area contributed by atoms with E-state index in [0.717, 1.165) is 34.3 Å². The molecule has 118 valence electrons. The second-order valence-electron chi connectivity index (χ2n) is 5.93. The average molecular weight is 346 g/mol. The minimum Gasteiger partial charge on any atom is -0.361 e. The van der Waals surface area contributed by atoms with Crippen LogP contribution >= 0.6 is 22.9 Å². The zero-order chi connectivity index (χ0) is 15.8. The molecule has 0 saturated heterocycles. The van der Waals surface area contributed by atoms with Crippen LogP contribution in [-0.2, 0) is 11.2 Å². The van der Waals surface area contributed by atoms with E-state index < -0.39 is 0 Å². The summed E-state index contributed by atoms with van der Waals surface area (Å²) in [4.78, 5) is 20.0. The van der Waals surface area contributed by atoms with E-state index in [0.29, 0.717) is 17.4 Å². The number of fused-ring (bicyclic) bond motifs is 1. The van der Waals surface area contributed by atoms with Gasteiger partial charge in [-0.05, 0) is 36.5 Å². The van der Waals surface area contributed by atoms with Gasteiger partial charge >= 0.3 is 0 Å². The third-order valence-corrected chi connectivity index (χ3v) is 5.30. The van der Waals surface area contributed by atoms with Crippen LogP contribution in [0.3, 0.4) is 0 Å². The lowest BCUT2D eigenvalue weighted by Gasteiger charge is -2.15. The average Bonchev–Trinajstić information content (AvgIpc) is 3.08. The molecule has 4 nitrogen and oxygen atoms in total. The highest BCUT2D eigenvalue weighted by Crippen LogP contribution is 2.41. The topological polar surface area (TPSA) is 57.8 Å². The molecule has 1 aromatic carbocycles. The molecule has 1 saturated carbocycles. The van der Waals surface area contributed by atoms with E-state index >= 15 is 0 Å². The summed E-state index contributed by atoms with van der Waals surface area (Å²) in [5.74, 6) is 0.569. The van der Waals surface area contributed by atoms with Crippen LogP contribution in [0.4, 0.5) is 0 Å². The van der Waals surface area contributed by atoms with Crippen molar-refractivity contribution in [2.75, 3.05) is 0 Å². The van der Waals surface area contributed by atoms with Gasteiger partial charge in [0.2, 0.25) is 5.91 Å². The molecular formula is C17H16ClN3OS. The molecule has 2 aromatic heterocycles. The first-order valence-electron chi connectivity index (χ1n) is 7.65. The molecule has 23 heavy (non-hydrogen) atoms. The maximum absolute atomic E-state index is 12.5. The van der Waals surface area contributed by atoms with Gasteiger partial charge in [-0.15, -0.1) is 11.3 Å². The Labute approximate surface area is 142 Å². The number of benzene rings is 1. The molecule has 6 heteroatoms. The van der Waals surface area contributed by atoms with Gasteiger partial charge < -0.3 is 10.3 Å². The largest absolute Gasteiger partial charge is 0.361 e. The van der Waals surface area contributed by atoms with Crippen molar-refractivity contribution in [2.24, 2.45) is 5.92 Å². The van der Waals surface area contributed by atoms with Crippen molar-refractivity contribution in [3.05, 3.63) is 51.6 Å². The fraction of sp³-hybridized carbons (Fsp3) is 0.294. The first-order chi connectivity index (χ1) is 11.2. The first-order valence-corrected chi connectivity index (χ1v) is 8.91. The van der Waals surface area contributed by atoms with Gasteiger partial charge in [0.1, 0.15) is 5.01 Å². The Morgan fingerprint density at radius 2 is 2.35 bits per heavy atom. The Hall–Kier alpha value is -1.85. The number of nitrogens with one attached hydrogen (secondary N) is 2. The summed E-state index contributed by atoms with van der Waals surface area (Å²) in [6.07, 6.45) is 6.36. The van der Waals surface area contributed by atoms with Crippen LogP contribution in [0.5, 0.6) is 0 Å². The lowest BCUT2D eigenvalue weighted by Crippen LogP contribution is -2.31. The van der Waals surface area contributed by atoms with Crippen molar-refractivity contribution >= 4 is 39.7 Å². The molecule has 1 atom stereocenters. The number of hydrogen-bond donors (Lipinski definition) is 2. The normalized spacial score (nSPS) is 15.7. The van der Waals surface area contributed by atoms with Gasteiger partial charge in [-0.3, -0.25) is 4.79 Å². The highest BCUT2D eigenvalue weighted by atomic mass is 35.5. The molecule has 3 aromatic rings. The summed E-state index contributed by atoms with van der Waals surface area (Å²) >= 11 is 7.60. The molecule has 2 N–H and O–H groups in total. The van der Waals surface area contributed by atoms with E-state index in [-0.39, 0.29) is 11.9 Å². The van der Waals surface area contributed by atoms with Crippen LogP contribution in [0.1, 0.15) is 29.5 Å². The number of carbonyl (C=O) groups excluding carboxylic acids is 1. The molecule has 1 fully saturated rings. The molecule has 0 radical (unpaired) electrons. The number of carbonyl (C=O) groups is 1. The van der Waals surface area contributed by atoms with Crippen molar-refractivity contribution < 1.29 is 4.79 Å². The minimum atomic E-state index is 0.0351. The predicted octanol–water partition coefficient (Wildman–Crippen LogP) is 4.09. The molecule has 1 unspecified atom stereocenters. The van der Waals surface area contributed by atoms with Crippen LogP contribution in [0.2, 0.25) is 5.02 Å². The van der Waals surface area contributed by atoms with Crippen molar-refractivity contribution in [3.63, 3.8) is 0 Å². The smallest absolute Gasteiger partial charge is 0.225 e. The Morgan fingerprint density at radius 1 is 1.48 bits per heavy atom. The van der Waals surface area contributed by atoms with Gasteiger partial charge in [-0.25, -0.2) is 4.98 Å². The number of thiazole rings is 1. The van der Waals surface area contributed by atoms with Crippen LogP contribution < -0.4 is 5.32 Å². The van der Waals surface area contributed by atoms with E-state index in [1.165, 1.54) is 0 Å². The van der Waals surface area contributed by atoms with Gasteiger partial charge in [0.15, 0.2) is 0 Å². The Morgan fingerprint density at radius 3 is 3.09 bits per heavy atom. The summed E-state index contributed by atoms with van der Waals surface area (Å²) in [6.45, 7) is 0. The number of rotatable bonds is 5. The lowest BCUT2D eigenvalue weighted by molar-refractivity contribution is -0.121. The molecule has 4 rings (SSSR count). The lowest BCUT2D eigenvalue weighted by atomic mass is 10.1. The van der Waals surface area contributed by atoms with Crippen molar-refractivity contribution in [3.8, 4) is 0 Å². The van der Waals surface area contributed by atoms with Crippen LogP contribution in [-0.4, -0.2) is 15.9 Å². The Kier molecular flexibility index (Phi) is 3.83. The number of hydrogen-bond acceptors (Lipinski definition) is 3. The monoisotopic (exact) mass is 345 g/mol. The van der Waals surface area contributed by atoms with Gasteiger partial charge in [-0.2, -0.15) is 0 Å². The third-order valence-electron chi connectivity index (χ3n) is 4.21. The van der Waals surface area contributed by atoms with Crippen molar-refractivity contribution in [2.45, 2.75) is 25.3 Å². The van der Waals surface area contributed by atoms with E-state index in [1.807, 2.05) is 29.8 Å². The fourth-order valence-electron chi connectivity index (χ4n) is 2.90. The van der Waals surface area contributed by atoms with Gasteiger partial charge in [0, 0.05) is 33.7 Å². The maximum atomic E-state index is 12.5. The number of H-pyrrole nitrogens is 1. The Bertz CT molecular complexity index is 839. The number of amides is 1. The molecule has 1 amide bonds. The number of aromatic nitrogens is 2. The van der Waals surface area contributed by atoms with Crippen molar-refractivity contribution in [1.29, 1.82) is 0 Å². The highest BCUT2D eigenvalue weighted by Gasteiger charge is 2.34. The number of aromatic amines is 1. The van der Waals surface area contributed by atoms with Crippen LogP contribution in [0, 0.1) is 5.92 Å². The summed E-state index contributed by atoms with van der Waals surface area (Å²) in [7, 11) is 0. The molecule has 2 heterocycles. The van der Waals surface area contributed by atoms with Gasteiger partial charge in [0.25, 0.3) is 0 Å².